The molecule has 2 aliphatic rings. The molecular formula is C25H40Cl2N2O2. The minimum absolute atomic E-state index is 0. The molecule has 0 saturated heterocycles. The lowest BCUT2D eigenvalue weighted by molar-refractivity contribution is -0.146. The summed E-state index contributed by atoms with van der Waals surface area (Å²) in [7, 11) is 0. The van der Waals surface area contributed by atoms with Gasteiger partial charge in [0.05, 0.1) is 5.41 Å². The van der Waals surface area contributed by atoms with Crippen LogP contribution >= 0.6 is 24.8 Å². The third kappa shape index (κ3) is 8.42. The number of nitrogens with one attached hydrogen (secondary N) is 2. The van der Waals surface area contributed by atoms with Crippen LogP contribution in [-0.2, 0) is 4.79 Å². The van der Waals surface area contributed by atoms with Gasteiger partial charge < -0.3 is 15.7 Å². The van der Waals surface area contributed by atoms with Crippen molar-refractivity contribution in [1.82, 2.24) is 10.6 Å². The highest BCUT2D eigenvalue weighted by Crippen LogP contribution is 2.40. The topological polar surface area (TPSA) is 61.4 Å². The minimum atomic E-state index is -0.727. The second-order valence-corrected chi connectivity index (χ2v) is 9.63. The van der Waals surface area contributed by atoms with Gasteiger partial charge in [0.25, 0.3) is 0 Å². The molecule has 0 radical (unpaired) electrons. The molecule has 2 aliphatic carbocycles. The van der Waals surface area contributed by atoms with E-state index in [1.165, 1.54) is 24.8 Å². The first-order valence-electron chi connectivity index (χ1n) is 11.3. The maximum atomic E-state index is 11.2. The number of halogens is 2. The molecule has 0 amide bonds. The van der Waals surface area contributed by atoms with Crippen molar-refractivity contribution in [1.29, 1.82) is 0 Å². The molecule has 3 N–H and O–H groups in total. The fourth-order valence-corrected chi connectivity index (χ4v) is 4.43. The number of benzene rings is 1. The monoisotopic (exact) mass is 470 g/mol. The first-order chi connectivity index (χ1) is 13.9. The Hall–Kier alpha value is -1.07. The third-order valence-electron chi connectivity index (χ3n) is 6.75. The molecular weight excluding hydrogens is 431 g/mol. The van der Waals surface area contributed by atoms with E-state index >= 15 is 0 Å². The van der Waals surface area contributed by atoms with Crippen LogP contribution in [-0.4, -0.2) is 36.2 Å². The van der Waals surface area contributed by atoms with Crippen molar-refractivity contribution >= 4 is 36.9 Å². The molecule has 3 rings (SSSR count). The lowest BCUT2D eigenvalue weighted by atomic mass is 9.85. The van der Waals surface area contributed by atoms with Crippen LogP contribution in [0.15, 0.2) is 35.9 Å². The van der Waals surface area contributed by atoms with Gasteiger partial charge in [0.15, 0.2) is 0 Å². The molecule has 31 heavy (non-hydrogen) atoms. The third-order valence-corrected chi connectivity index (χ3v) is 6.75. The van der Waals surface area contributed by atoms with Gasteiger partial charge in [-0.15, -0.1) is 24.8 Å². The second-order valence-electron chi connectivity index (χ2n) is 9.63. The van der Waals surface area contributed by atoms with Gasteiger partial charge in [0.2, 0.25) is 0 Å². The lowest BCUT2D eigenvalue weighted by Gasteiger charge is -2.31. The second kappa shape index (κ2) is 12.8. The summed E-state index contributed by atoms with van der Waals surface area (Å²) in [5.74, 6) is 0.732. The number of hydrogen-bond acceptors (Lipinski definition) is 3. The van der Waals surface area contributed by atoms with Crippen molar-refractivity contribution < 1.29 is 9.90 Å². The summed E-state index contributed by atoms with van der Waals surface area (Å²) in [6.07, 6.45) is 9.55. The molecule has 0 spiro atoms. The molecule has 0 unspecified atom stereocenters. The SMILES string of the molecule is CC/C(=C\c1ccccc1)[C@@H]1C[C@H]1NCC1CCC(NCC(C)(C)C(=O)O)CC1.Cl.Cl. The van der Waals surface area contributed by atoms with Gasteiger partial charge in [-0.05, 0) is 76.3 Å². The van der Waals surface area contributed by atoms with Crippen LogP contribution in [0.4, 0.5) is 0 Å². The summed E-state index contributed by atoms with van der Waals surface area (Å²) in [5, 5.41) is 16.6. The van der Waals surface area contributed by atoms with E-state index in [1.807, 2.05) is 0 Å². The average Bonchev–Trinajstić information content (AvgIpc) is 3.50. The number of carboxylic acids is 1. The van der Waals surface area contributed by atoms with Crippen LogP contribution in [0.1, 0.15) is 64.9 Å². The van der Waals surface area contributed by atoms with Crippen LogP contribution in [0.5, 0.6) is 0 Å². The number of aliphatic carboxylic acids is 1. The van der Waals surface area contributed by atoms with Gasteiger partial charge in [-0.1, -0.05) is 48.9 Å². The molecule has 1 aromatic rings. The summed E-state index contributed by atoms with van der Waals surface area (Å²) >= 11 is 0. The van der Waals surface area contributed by atoms with Crippen LogP contribution in [0.25, 0.3) is 6.08 Å². The largest absolute Gasteiger partial charge is 0.481 e. The highest BCUT2D eigenvalue weighted by molar-refractivity contribution is 5.85. The first kappa shape index (κ1) is 28.0. The van der Waals surface area contributed by atoms with Gasteiger partial charge in [0, 0.05) is 18.6 Å². The minimum Gasteiger partial charge on any atom is -0.481 e. The van der Waals surface area contributed by atoms with Gasteiger partial charge in [-0.3, -0.25) is 4.79 Å². The standard InChI is InChI=1S/C25H38N2O2.2ClH/c1-4-20(14-18-8-6-5-7-9-18)22-15-23(22)26-16-19-10-12-21(13-11-19)27-17-25(2,3)24(28)29;;/h5-9,14,19,21-23,26-27H,4,10-13,15-17H2,1-3H3,(H,28,29);2*1H/b20-14+;;/t19?,21?,22-,23+;;/m0../s1. The Morgan fingerprint density at radius 1 is 1.10 bits per heavy atom. The van der Waals surface area contributed by atoms with E-state index in [-0.39, 0.29) is 24.8 Å². The Morgan fingerprint density at radius 3 is 2.32 bits per heavy atom. The number of hydrogen-bond donors (Lipinski definition) is 3. The molecule has 0 heterocycles. The van der Waals surface area contributed by atoms with Crippen LogP contribution in [0, 0.1) is 17.3 Å². The van der Waals surface area contributed by atoms with E-state index in [9.17, 15) is 9.90 Å². The van der Waals surface area contributed by atoms with Crippen molar-refractivity contribution in [2.45, 2.75) is 71.4 Å². The fraction of sp³-hybridized carbons (Fsp3) is 0.640. The molecule has 1 aromatic carbocycles. The molecule has 176 valence electrons. The van der Waals surface area contributed by atoms with Crippen molar-refractivity contribution in [3.05, 3.63) is 41.5 Å². The summed E-state index contributed by atoms with van der Waals surface area (Å²) in [4.78, 5) is 11.2. The molecule has 0 bridgehead atoms. The molecule has 2 atom stereocenters. The molecule has 4 nitrogen and oxygen atoms in total. The van der Waals surface area contributed by atoms with Crippen LogP contribution < -0.4 is 10.6 Å². The quantitative estimate of drug-likeness (QED) is 0.418. The Bertz CT molecular complexity index is 701. The maximum Gasteiger partial charge on any atom is 0.310 e. The normalized spacial score (nSPS) is 25.8. The van der Waals surface area contributed by atoms with Crippen LogP contribution in [0.3, 0.4) is 0 Å². The molecule has 0 aromatic heterocycles. The summed E-state index contributed by atoms with van der Waals surface area (Å²) < 4.78 is 0. The highest BCUT2D eigenvalue weighted by Gasteiger charge is 2.39. The zero-order valence-corrected chi connectivity index (χ0v) is 20.7. The van der Waals surface area contributed by atoms with Gasteiger partial charge in [0.1, 0.15) is 0 Å². The number of carbonyl (C=O) groups is 1. The molecule has 6 heteroatoms. The Kier molecular flexibility index (Phi) is 11.6. The van der Waals surface area contributed by atoms with Crippen LogP contribution in [0.2, 0.25) is 0 Å². The van der Waals surface area contributed by atoms with E-state index in [1.54, 1.807) is 19.4 Å². The van der Waals surface area contributed by atoms with E-state index < -0.39 is 11.4 Å². The van der Waals surface area contributed by atoms with E-state index in [0.717, 1.165) is 31.7 Å². The predicted octanol–water partition coefficient (Wildman–Crippen LogP) is 5.56. The van der Waals surface area contributed by atoms with Gasteiger partial charge in [-0.25, -0.2) is 0 Å². The van der Waals surface area contributed by atoms with E-state index in [2.05, 4.69) is 54.0 Å². The Balaban J connectivity index is 0.00000240. The molecule has 2 fully saturated rings. The maximum absolute atomic E-state index is 11.2. The van der Waals surface area contributed by atoms with Crippen molar-refractivity contribution in [3.8, 4) is 0 Å². The van der Waals surface area contributed by atoms with E-state index in [4.69, 9.17) is 0 Å². The highest BCUT2D eigenvalue weighted by atomic mass is 35.5. The summed E-state index contributed by atoms with van der Waals surface area (Å²) in [6.45, 7) is 7.52. The Morgan fingerprint density at radius 2 is 1.74 bits per heavy atom. The lowest BCUT2D eigenvalue weighted by Crippen LogP contribution is -2.43. The smallest absolute Gasteiger partial charge is 0.310 e. The number of carboxylic acid groups (broad SMARTS) is 1. The van der Waals surface area contributed by atoms with Crippen molar-refractivity contribution in [2.75, 3.05) is 13.1 Å². The zero-order chi connectivity index (χ0) is 20.9. The summed E-state index contributed by atoms with van der Waals surface area (Å²) in [6, 6.07) is 11.8. The fourth-order valence-electron chi connectivity index (χ4n) is 4.43. The van der Waals surface area contributed by atoms with Gasteiger partial charge in [-0.2, -0.15) is 0 Å². The Labute approximate surface area is 200 Å². The predicted molar refractivity (Wildman–Crippen MR) is 134 cm³/mol. The molecule has 0 aliphatic heterocycles. The average molecular weight is 472 g/mol. The van der Waals surface area contributed by atoms with Gasteiger partial charge >= 0.3 is 5.97 Å². The first-order valence-corrected chi connectivity index (χ1v) is 11.3. The number of rotatable bonds is 10. The van der Waals surface area contributed by atoms with Crippen molar-refractivity contribution in [3.63, 3.8) is 0 Å². The summed E-state index contributed by atoms with van der Waals surface area (Å²) in [5.41, 5.74) is 2.19. The van der Waals surface area contributed by atoms with Crippen molar-refractivity contribution in [2.24, 2.45) is 17.3 Å². The zero-order valence-electron chi connectivity index (χ0n) is 19.1. The molecule has 2 saturated carbocycles. The van der Waals surface area contributed by atoms with E-state index in [0.29, 0.717) is 24.5 Å².